The molecular formula is C17H17FO2. The molecule has 2 nitrogen and oxygen atoms in total. The Morgan fingerprint density at radius 3 is 2.60 bits per heavy atom. The molecule has 0 spiro atoms. The second-order valence-electron chi connectivity index (χ2n) is 4.59. The first kappa shape index (κ1) is 14.3. The van der Waals surface area contributed by atoms with E-state index < -0.39 is 0 Å². The number of ether oxygens (including phenoxy) is 1. The second-order valence-corrected chi connectivity index (χ2v) is 4.59. The number of para-hydroxylation sites is 1. The first-order valence-corrected chi connectivity index (χ1v) is 6.66. The zero-order valence-electron chi connectivity index (χ0n) is 11.7. The molecule has 0 aromatic heterocycles. The van der Waals surface area contributed by atoms with Crippen LogP contribution in [0.25, 0.3) is 11.1 Å². The summed E-state index contributed by atoms with van der Waals surface area (Å²) in [6.45, 7) is 4.08. The topological polar surface area (TPSA) is 26.3 Å². The van der Waals surface area contributed by atoms with Crippen LogP contribution in [-0.4, -0.2) is 12.4 Å². The number of hydrogen-bond acceptors (Lipinski definition) is 2. The molecule has 0 aliphatic heterocycles. The zero-order chi connectivity index (χ0) is 14.5. The molecule has 20 heavy (non-hydrogen) atoms. The molecule has 0 heterocycles. The number of ketones is 1. The Balaban J connectivity index is 2.56. The van der Waals surface area contributed by atoms with Crippen molar-refractivity contribution >= 4 is 5.78 Å². The fraction of sp³-hybridized carbons (Fsp3) is 0.235. The minimum atomic E-state index is -0.365. The molecular weight excluding hydrogens is 255 g/mol. The van der Waals surface area contributed by atoms with Gasteiger partial charge in [0, 0.05) is 11.1 Å². The summed E-state index contributed by atoms with van der Waals surface area (Å²) < 4.78 is 19.2. The van der Waals surface area contributed by atoms with Crippen molar-refractivity contribution in [3.63, 3.8) is 0 Å². The number of benzene rings is 2. The highest BCUT2D eigenvalue weighted by Gasteiger charge is 2.14. The van der Waals surface area contributed by atoms with E-state index in [2.05, 4.69) is 0 Å². The fourth-order valence-corrected chi connectivity index (χ4v) is 2.07. The smallest absolute Gasteiger partial charge is 0.160 e. The molecule has 0 bridgehead atoms. The van der Waals surface area contributed by atoms with Gasteiger partial charge in [-0.2, -0.15) is 0 Å². The summed E-state index contributed by atoms with van der Waals surface area (Å²) in [6, 6.07) is 11.6. The first-order chi connectivity index (χ1) is 9.63. The van der Waals surface area contributed by atoms with E-state index in [0.29, 0.717) is 23.5 Å². The summed E-state index contributed by atoms with van der Waals surface area (Å²) in [4.78, 5) is 11.7. The predicted octanol–water partition coefficient (Wildman–Crippen LogP) is 4.48. The number of carbonyl (C=O) groups excluding carboxylic acids is 1. The van der Waals surface area contributed by atoms with Gasteiger partial charge in [0.1, 0.15) is 11.6 Å². The number of Topliss-reactive ketones (excluding diaryl/α,β-unsaturated/α-hetero) is 1. The van der Waals surface area contributed by atoms with Gasteiger partial charge in [0.2, 0.25) is 0 Å². The van der Waals surface area contributed by atoms with Crippen LogP contribution in [0, 0.1) is 5.82 Å². The predicted molar refractivity (Wildman–Crippen MR) is 77.6 cm³/mol. The average molecular weight is 272 g/mol. The third-order valence-corrected chi connectivity index (χ3v) is 3.00. The van der Waals surface area contributed by atoms with Gasteiger partial charge in [-0.25, -0.2) is 4.39 Å². The SMILES string of the molecule is CCCOc1ccccc1-c1cc(F)ccc1C(C)=O. The maximum atomic E-state index is 13.5. The van der Waals surface area contributed by atoms with Gasteiger partial charge in [-0.15, -0.1) is 0 Å². The maximum absolute atomic E-state index is 13.5. The molecule has 2 rings (SSSR count). The van der Waals surface area contributed by atoms with Crippen LogP contribution < -0.4 is 4.74 Å². The van der Waals surface area contributed by atoms with E-state index in [1.807, 2.05) is 31.2 Å². The summed E-state index contributed by atoms with van der Waals surface area (Å²) in [5.41, 5.74) is 1.81. The third kappa shape index (κ3) is 3.05. The van der Waals surface area contributed by atoms with E-state index in [9.17, 15) is 9.18 Å². The Morgan fingerprint density at radius 2 is 1.90 bits per heavy atom. The first-order valence-electron chi connectivity index (χ1n) is 6.66. The molecule has 0 N–H and O–H groups in total. The minimum absolute atomic E-state index is 0.0923. The lowest BCUT2D eigenvalue weighted by molar-refractivity contribution is 0.101. The van der Waals surface area contributed by atoms with Crippen molar-refractivity contribution in [3.05, 3.63) is 53.8 Å². The van der Waals surface area contributed by atoms with Crippen LogP contribution in [0.15, 0.2) is 42.5 Å². The molecule has 0 unspecified atom stereocenters. The van der Waals surface area contributed by atoms with E-state index >= 15 is 0 Å². The van der Waals surface area contributed by atoms with Crippen molar-refractivity contribution in [1.29, 1.82) is 0 Å². The van der Waals surface area contributed by atoms with Crippen LogP contribution in [0.1, 0.15) is 30.6 Å². The minimum Gasteiger partial charge on any atom is -0.493 e. The maximum Gasteiger partial charge on any atom is 0.160 e. The van der Waals surface area contributed by atoms with E-state index in [-0.39, 0.29) is 11.6 Å². The van der Waals surface area contributed by atoms with Crippen molar-refractivity contribution in [3.8, 4) is 16.9 Å². The van der Waals surface area contributed by atoms with Gasteiger partial charge < -0.3 is 4.74 Å². The third-order valence-electron chi connectivity index (χ3n) is 3.00. The standard InChI is InChI=1S/C17H17FO2/c1-3-10-20-17-7-5-4-6-15(17)16-11-13(18)8-9-14(16)12(2)19/h4-9,11H,3,10H2,1-2H3. The number of hydrogen-bond donors (Lipinski definition) is 0. The normalized spacial score (nSPS) is 10.3. The van der Waals surface area contributed by atoms with Crippen molar-refractivity contribution in [2.45, 2.75) is 20.3 Å². The summed E-state index contributed by atoms with van der Waals surface area (Å²) in [7, 11) is 0. The zero-order valence-corrected chi connectivity index (χ0v) is 11.7. The molecule has 0 aliphatic carbocycles. The van der Waals surface area contributed by atoms with Gasteiger partial charge in [0.05, 0.1) is 6.61 Å². The highest BCUT2D eigenvalue weighted by molar-refractivity contribution is 6.01. The van der Waals surface area contributed by atoms with E-state index in [4.69, 9.17) is 4.74 Å². The number of carbonyl (C=O) groups is 1. The Labute approximate surface area is 118 Å². The Bertz CT molecular complexity index is 620. The van der Waals surface area contributed by atoms with Crippen LogP contribution in [0.5, 0.6) is 5.75 Å². The lowest BCUT2D eigenvalue weighted by atomic mass is 9.96. The molecule has 3 heteroatoms. The van der Waals surface area contributed by atoms with E-state index in [1.54, 1.807) is 0 Å². The van der Waals surface area contributed by atoms with Crippen molar-refractivity contribution in [2.24, 2.45) is 0 Å². The summed E-state index contributed by atoms with van der Waals surface area (Å²) in [6.07, 6.45) is 0.886. The summed E-state index contributed by atoms with van der Waals surface area (Å²) in [5.74, 6) is 0.211. The molecule has 0 saturated carbocycles. The molecule has 0 atom stereocenters. The van der Waals surface area contributed by atoms with Crippen molar-refractivity contribution < 1.29 is 13.9 Å². The molecule has 104 valence electrons. The van der Waals surface area contributed by atoms with Crippen molar-refractivity contribution in [2.75, 3.05) is 6.61 Å². The van der Waals surface area contributed by atoms with Gasteiger partial charge in [0.15, 0.2) is 5.78 Å². The van der Waals surface area contributed by atoms with Crippen LogP contribution in [-0.2, 0) is 0 Å². The van der Waals surface area contributed by atoms with Gasteiger partial charge in [-0.05, 0) is 43.2 Å². The van der Waals surface area contributed by atoms with E-state index in [0.717, 1.165) is 12.0 Å². The highest BCUT2D eigenvalue weighted by atomic mass is 19.1. The molecule has 0 radical (unpaired) electrons. The van der Waals surface area contributed by atoms with Crippen LogP contribution in [0.3, 0.4) is 0 Å². The van der Waals surface area contributed by atoms with Gasteiger partial charge in [0.25, 0.3) is 0 Å². The lowest BCUT2D eigenvalue weighted by Gasteiger charge is -2.13. The quantitative estimate of drug-likeness (QED) is 0.750. The summed E-state index contributed by atoms with van der Waals surface area (Å²) in [5, 5.41) is 0. The van der Waals surface area contributed by atoms with Gasteiger partial charge in [-0.3, -0.25) is 4.79 Å². The monoisotopic (exact) mass is 272 g/mol. The Morgan fingerprint density at radius 1 is 1.15 bits per heavy atom. The molecule has 0 fully saturated rings. The number of halogens is 1. The average Bonchev–Trinajstić information content (AvgIpc) is 2.45. The van der Waals surface area contributed by atoms with Crippen LogP contribution >= 0.6 is 0 Å². The highest BCUT2D eigenvalue weighted by Crippen LogP contribution is 2.33. The molecule has 0 amide bonds. The Hall–Kier alpha value is -2.16. The van der Waals surface area contributed by atoms with E-state index in [1.165, 1.54) is 25.1 Å². The van der Waals surface area contributed by atoms with Gasteiger partial charge in [-0.1, -0.05) is 25.1 Å². The van der Waals surface area contributed by atoms with Crippen LogP contribution in [0.4, 0.5) is 4.39 Å². The largest absolute Gasteiger partial charge is 0.493 e. The second kappa shape index (κ2) is 6.33. The van der Waals surface area contributed by atoms with Crippen molar-refractivity contribution in [1.82, 2.24) is 0 Å². The molecule has 0 saturated heterocycles. The molecule has 0 aliphatic rings. The van der Waals surface area contributed by atoms with Gasteiger partial charge >= 0.3 is 0 Å². The number of rotatable bonds is 5. The van der Waals surface area contributed by atoms with Crippen LogP contribution in [0.2, 0.25) is 0 Å². The Kier molecular flexibility index (Phi) is 4.51. The molecule has 2 aromatic carbocycles. The summed E-state index contributed by atoms with van der Waals surface area (Å²) >= 11 is 0. The lowest BCUT2D eigenvalue weighted by Crippen LogP contribution is -2.00. The fourth-order valence-electron chi connectivity index (χ4n) is 2.07. The molecule has 2 aromatic rings.